The number of pyridine rings is 1. The first-order chi connectivity index (χ1) is 13.0. The number of ether oxygens (including phenoxy) is 1. The van der Waals surface area contributed by atoms with Crippen molar-refractivity contribution >= 4 is 28.4 Å². The number of aromatic nitrogens is 1. The van der Waals surface area contributed by atoms with Gasteiger partial charge in [0.2, 0.25) is 0 Å². The molecule has 0 spiro atoms. The van der Waals surface area contributed by atoms with Crippen molar-refractivity contribution in [2.45, 2.75) is 33.6 Å². The molecule has 1 heterocycles. The van der Waals surface area contributed by atoms with Gasteiger partial charge in [0.15, 0.2) is 11.6 Å². The van der Waals surface area contributed by atoms with Crippen LogP contribution in [0.1, 0.15) is 39.2 Å². The monoisotopic (exact) mass is 367 g/mol. The van der Waals surface area contributed by atoms with Crippen molar-refractivity contribution in [1.29, 1.82) is 0 Å². The molecule has 0 unspecified atom stereocenters. The summed E-state index contributed by atoms with van der Waals surface area (Å²) in [5.74, 6) is -0.213. The molecule has 142 valence electrons. The van der Waals surface area contributed by atoms with Gasteiger partial charge in [-0.25, -0.2) is 4.39 Å². The Hall–Kier alpha value is -2.82. The molecule has 0 radical (unpaired) electrons. The van der Waals surface area contributed by atoms with E-state index in [4.69, 9.17) is 4.74 Å². The molecule has 2 aromatic rings. The van der Waals surface area contributed by atoms with E-state index in [-0.39, 0.29) is 5.75 Å². The fourth-order valence-electron chi connectivity index (χ4n) is 2.83. The number of hydrogen-bond donors (Lipinski definition) is 0. The summed E-state index contributed by atoms with van der Waals surface area (Å²) in [5, 5.41) is 0.835. The molecule has 0 atom stereocenters. The Morgan fingerprint density at radius 3 is 2.74 bits per heavy atom. The molecule has 27 heavy (non-hydrogen) atoms. The van der Waals surface area contributed by atoms with Gasteiger partial charge in [0, 0.05) is 42.8 Å². The average molecular weight is 367 g/mol. The molecule has 0 saturated heterocycles. The van der Waals surface area contributed by atoms with Crippen LogP contribution in [0.4, 0.5) is 4.39 Å². The molecule has 0 fully saturated rings. The van der Waals surface area contributed by atoms with Crippen LogP contribution in [0.2, 0.25) is 0 Å². The van der Waals surface area contributed by atoms with Crippen LogP contribution in [0, 0.1) is 5.82 Å². The Kier molecular flexibility index (Phi) is 7.41. The third-order valence-corrected chi connectivity index (χ3v) is 4.10. The van der Waals surface area contributed by atoms with E-state index in [1.807, 2.05) is 38.4 Å². The second-order valence-electron chi connectivity index (χ2n) is 6.32. The van der Waals surface area contributed by atoms with E-state index in [0.29, 0.717) is 5.52 Å². The summed E-state index contributed by atoms with van der Waals surface area (Å²) in [4.78, 5) is 13.0. The molecule has 1 aromatic heterocycles. The first kappa shape index (κ1) is 20.5. The highest BCUT2D eigenvalue weighted by molar-refractivity contribution is 6.00. The van der Waals surface area contributed by atoms with Gasteiger partial charge in [0.1, 0.15) is 0 Å². The van der Waals surface area contributed by atoms with Crippen LogP contribution in [0.3, 0.4) is 0 Å². The van der Waals surface area contributed by atoms with E-state index < -0.39 is 5.82 Å². The van der Waals surface area contributed by atoms with Crippen LogP contribution in [-0.4, -0.2) is 31.1 Å². The van der Waals surface area contributed by atoms with E-state index in [1.165, 1.54) is 13.2 Å². The molecule has 0 N–H and O–H groups in total. The van der Waals surface area contributed by atoms with Crippen LogP contribution in [-0.2, 0) is 0 Å². The largest absolute Gasteiger partial charge is 0.494 e. The summed E-state index contributed by atoms with van der Waals surface area (Å²) < 4.78 is 19.1. The van der Waals surface area contributed by atoms with Crippen molar-refractivity contribution in [1.82, 2.24) is 4.98 Å². The van der Waals surface area contributed by atoms with Crippen molar-refractivity contribution in [3.63, 3.8) is 0 Å². The third kappa shape index (κ3) is 5.33. The summed E-state index contributed by atoms with van der Waals surface area (Å²) in [7, 11) is 3.21. The molecular formula is C22H26FN3O. The number of benzene rings is 1. The van der Waals surface area contributed by atoms with Gasteiger partial charge in [-0.2, -0.15) is 0 Å². The van der Waals surface area contributed by atoms with Gasteiger partial charge < -0.3 is 4.74 Å². The maximum absolute atomic E-state index is 14.0. The fourth-order valence-corrected chi connectivity index (χ4v) is 2.83. The maximum atomic E-state index is 14.0. The Morgan fingerprint density at radius 1 is 1.30 bits per heavy atom. The Balaban J connectivity index is 2.48. The number of aliphatic imine (C=N–C) groups is 2. The minimum atomic E-state index is -0.419. The minimum Gasteiger partial charge on any atom is -0.494 e. The van der Waals surface area contributed by atoms with Crippen molar-refractivity contribution in [3.05, 3.63) is 53.6 Å². The first-order valence-corrected chi connectivity index (χ1v) is 8.96. The van der Waals surface area contributed by atoms with Gasteiger partial charge in [-0.15, -0.1) is 0 Å². The Bertz CT molecular complexity index is 927. The number of methoxy groups -OCH3 is 1. The molecule has 0 bridgehead atoms. The minimum absolute atomic E-state index is 0.206. The van der Waals surface area contributed by atoms with Crippen molar-refractivity contribution in [2.24, 2.45) is 9.98 Å². The molecule has 5 heteroatoms. The molecular weight excluding hydrogens is 341 g/mol. The number of nitrogens with zero attached hydrogens (tertiary/aromatic N) is 3. The molecule has 1 aromatic carbocycles. The number of halogens is 1. The van der Waals surface area contributed by atoms with Gasteiger partial charge in [0.05, 0.1) is 12.6 Å². The smallest absolute Gasteiger partial charge is 0.167 e. The van der Waals surface area contributed by atoms with Gasteiger partial charge in [-0.3, -0.25) is 15.0 Å². The van der Waals surface area contributed by atoms with Crippen LogP contribution in [0.5, 0.6) is 5.75 Å². The zero-order valence-corrected chi connectivity index (χ0v) is 16.6. The molecule has 4 nitrogen and oxygen atoms in total. The fraction of sp³-hybridized carbons (Fsp3) is 0.318. The molecule has 0 saturated carbocycles. The predicted molar refractivity (Wildman–Crippen MR) is 112 cm³/mol. The van der Waals surface area contributed by atoms with Crippen molar-refractivity contribution in [3.8, 4) is 5.75 Å². The summed E-state index contributed by atoms with van der Waals surface area (Å²) in [5.41, 5.74) is 4.57. The Morgan fingerprint density at radius 2 is 2.07 bits per heavy atom. The maximum Gasteiger partial charge on any atom is 0.167 e. The topological polar surface area (TPSA) is 46.8 Å². The average Bonchev–Trinajstić information content (AvgIpc) is 2.65. The van der Waals surface area contributed by atoms with Gasteiger partial charge in [-0.05, 0) is 55.2 Å². The molecule has 0 aliphatic heterocycles. The van der Waals surface area contributed by atoms with Gasteiger partial charge >= 0.3 is 0 Å². The summed E-state index contributed by atoms with van der Waals surface area (Å²) >= 11 is 0. The summed E-state index contributed by atoms with van der Waals surface area (Å²) in [6, 6.07) is 4.99. The van der Waals surface area contributed by atoms with E-state index in [0.717, 1.165) is 40.6 Å². The lowest BCUT2D eigenvalue weighted by Gasteiger charge is -2.09. The number of fused-ring (bicyclic) bond motifs is 1. The van der Waals surface area contributed by atoms with E-state index in [2.05, 4.69) is 21.9 Å². The molecule has 0 aliphatic rings. The second kappa shape index (κ2) is 9.76. The highest BCUT2D eigenvalue weighted by Gasteiger charge is 2.10. The second-order valence-corrected chi connectivity index (χ2v) is 6.32. The highest BCUT2D eigenvalue weighted by Crippen LogP contribution is 2.29. The van der Waals surface area contributed by atoms with Crippen LogP contribution in [0.25, 0.3) is 16.5 Å². The van der Waals surface area contributed by atoms with Crippen LogP contribution >= 0.6 is 0 Å². The van der Waals surface area contributed by atoms with E-state index in [1.54, 1.807) is 19.3 Å². The molecule has 0 amide bonds. The van der Waals surface area contributed by atoms with E-state index in [9.17, 15) is 4.39 Å². The number of rotatable bonds is 7. The van der Waals surface area contributed by atoms with E-state index >= 15 is 0 Å². The summed E-state index contributed by atoms with van der Waals surface area (Å²) in [6.45, 7) is 6.12. The van der Waals surface area contributed by atoms with Crippen molar-refractivity contribution < 1.29 is 9.13 Å². The van der Waals surface area contributed by atoms with Gasteiger partial charge in [0.25, 0.3) is 0 Å². The standard InChI is InChI=1S/C22H26FN3O/c1-6-7-17(10-15(2)13-24-4)26-14-16(3)18-8-9-25-21-12-20(23)22(27-5)11-19(18)21/h8-14H,6-7H2,1-5H3/b15-10-,16-14+,24-13?,26-17-. The lowest BCUT2D eigenvalue weighted by Crippen LogP contribution is -1.95. The summed E-state index contributed by atoms with van der Waals surface area (Å²) in [6.07, 6.45) is 9.28. The third-order valence-electron chi connectivity index (χ3n) is 4.10. The molecule has 2 rings (SSSR count). The highest BCUT2D eigenvalue weighted by atomic mass is 19.1. The zero-order chi connectivity index (χ0) is 19.8. The predicted octanol–water partition coefficient (Wildman–Crippen LogP) is 5.63. The quantitative estimate of drug-likeness (QED) is 0.595. The molecule has 0 aliphatic carbocycles. The van der Waals surface area contributed by atoms with Crippen molar-refractivity contribution in [2.75, 3.05) is 14.2 Å². The van der Waals surface area contributed by atoms with Gasteiger partial charge in [-0.1, -0.05) is 13.3 Å². The zero-order valence-electron chi connectivity index (χ0n) is 16.6. The lowest BCUT2D eigenvalue weighted by atomic mass is 10.0. The lowest BCUT2D eigenvalue weighted by molar-refractivity contribution is 0.387. The number of allylic oxidation sites excluding steroid dienone is 3. The normalized spacial score (nSPS) is 13.6. The Labute approximate surface area is 160 Å². The SMILES string of the molecule is CCCC(/C=C(/C)C=NC)=N/C=C(\C)c1ccnc2cc(F)c(OC)cc12. The number of hydrogen-bond acceptors (Lipinski definition) is 4. The van der Waals surface area contributed by atoms with Crippen LogP contribution < -0.4 is 4.74 Å². The van der Waals surface area contributed by atoms with Crippen LogP contribution in [0.15, 0.2) is 52.2 Å². The first-order valence-electron chi connectivity index (χ1n) is 8.96.